The van der Waals surface area contributed by atoms with E-state index in [-0.39, 0.29) is 16.5 Å². The molecule has 1 aromatic rings. The number of nitrogens with one attached hydrogen (secondary N) is 2. The van der Waals surface area contributed by atoms with Crippen LogP contribution in [0.2, 0.25) is 0 Å². The second-order valence-corrected chi connectivity index (χ2v) is 6.26. The van der Waals surface area contributed by atoms with Crippen LogP contribution < -0.4 is 10.0 Å². The van der Waals surface area contributed by atoms with Crippen LogP contribution >= 0.6 is 0 Å². The Morgan fingerprint density at radius 3 is 2.32 bits per heavy atom. The van der Waals surface area contributed by atoms with E-state index in [4.69, 9.17) is 5.11 Å². The van der Waals surface area contributed by atoms with Gasteiger partial charge in [0.15, 0.2) is 0 Å². The van der Waals surface area contributed by atoms with E-state index < -0.39 is 22.0 Å². The lowest BCUT2D eigenvalue weighted by Crippen LogP contribution is -2.35. The molecule has 0 amide bonds. The molecule has 1 aromatic carbocycles. The number of sulfonamides is 1. The second kappa shape index (κ2) is 6.03. The first kappa shape index (κ1) is 15.5. The Kier molecular flexibility index (Phi) is 4.90. The van der Waals surface area contributed by atoms with Gasteiger partial charge in [0.25, 0.3) is 0 Å². The maximum absolute atomic E-state index is 11.8. The fraction of sp³-hybridized carbons (Fsp3) is 0.417. The normalized spacial score (nSPS) is 13.3. The largest absolute Gasteiger partial charge is 0.480 e. The van der Waals surface area contributed by atoms with E-state index in [1.165, 1.54) is 13.1 Å². The lowest BCUT2D eigenvalue weighted by atomic mass is 10.0. The summed E-state index contributed by atoms with van der Waals surface area (Å²) in [6.07, 6.45) is 0. The second-order valence-electron chi connectivity index (χ2n) is 4.41. The van der Waals surface area contributed by atoms with Gasteiger partial charge < -0.3 is 10.4 Å². The smallest absolute Gasteiger partial charge is 0.326 e. The predicted octanol–water partition coefficient (Wildman–Crippen LogP) is 1.12. The molecule has 0 fully saturated rings. The van der Waals surface area contributed by atoms with Gasteiger partial charge in [-0.15, -0.1) is 0 Å². The van der Waals surface area contributed by atoms with E-state index in [1.807, 2.05) is 0 Å². The van der Waals surface area contributed by atoms with Crippen LogP contribution in [0.5, 0.6) is 0 Å². The minimum Gasteiger partial charge on any atom is -0.480 e. The molecule has 0 radical (unpaired) electrons. The van der Waals surface area contributed by atoms with Crippen LogP contribution in [0.25, 0.3) is 0 Å². The number of rotatable bonds is 6. The van der Waals surface area contributed by atoms with Crippen LogP contribution in [0.15, 0.2) is 29.2 Å². The first-order valence-electron chi connectivity index (χ1n) is 5.81. The van der Waals surface area contributed by atoms with Gasteiger partial charge in [-0.3, -0.25) is 0 Å². The quantitative estimate of drug-likeness (QED) is 0.728. The van der Waals surface area contributed by atoms with Gasteiger partial charge >= 0.3 is 5.97 Å². The summed E-state index contributed by atoms with van der Waals surface area (Å²) >= 11 is 0. The summed E-state index contributed by atoms with van der Waals surface area (Å²) in [5, 5.41) is 11.9. The van der Waals surface area contributed by atoms with Gasteiger partial charge in [-0.1, -0.05) is 26.0 Å². The van der Waals surface area contributed by atoms with E-state index in [9.17, 15) is 13.2 Å². The molecule has 0 saturated carbocycles. The van der Waals surface area contributed by atoms with Crippen LogP contribution in [-0.4, -0.2) is 32.6 Å². The molecular formula is C12H18N2O4S. The van der Waals surface area contributed by atoms with Crippen molar-refractivity contribution in [3.05, 3.63) is 24.3 Å². The Balaban J connectivity index is 3.19. The van der Waals surface area contributed by atoms with E-state index >= 15 is 0 Å². The zero-order chi connectivity index (χ0) is 14.6. The molecule has 0 aliphatic rings. The first-order chi connectivity index (χ1) is 8.79. The van der Waals surface area contributed by atoms with Crippen LogP contribution in [0.4, 0.5) is 5.69 Å². The number of carbonyl (C=O) groups is 1. The molecule has 6 nitrogen and oxygen atoms in total. The molecule has 0 bridgehead atoms. The molecule has 0 saturated heterocycles. The fourth-order valence-electron chi connectivity index (χ4n) is 1.61. The molecule has 0 aliphatic carbocycles. The van der Waals surface area contributed by atoms with Crippen LogP contribution in [0.1, 0.15) is 13.8 Å². The van der Waals surface area contributed by atoms with Gasteiger partial charge in [-0.25, -0.2) is 17.9 Å². The van der Waals surface area contributed by atoms with Crippen LogP contribution in [0, 0.1) is 5.92 Å². The molecule has 7 heteroatoms. The molecule has 19 heavy (non-hydrogen) atoms. The summed E-state index contributed by atoms with van der Waals surface area (Å²) in [5.74, 6) is -1.20. The summed E-state index contributed by atoms with van der Waals surface area (Å²) in [6.45, 7) is 3.50. The van der Waals surface area contributed by atoms with E-state index in [1.54, 1.807) is 32.0 Å². The van der Waals surface area contributed by atoms with Crippen molar-refractivity contribution in [2.75, 3.05) is 12.4 Å². The van der Waals surface area contributed by atoms with Crippen molar-refractivity contribution < 1.29 is 18.3 Å². The van der Waals surface area contributed by atoms with Gasteiger partial charge in [-0.2, -0.15) is 0 Å². The topological polar surface area (TPSA) is 95.5 Å². The van der Waals surface area contributed by atoms with Gasteiger partial charge in [0.1, 0.15) is 10.9 Å². The minimum absolute atomic E-state index is 0.0319. The molecule has 1 rings (SSSR count). The molecule has 0 spiro atoms. The summed E-state index contributed by atoms with van der Waals surface area (Å²) < 4.78 is 25.9. The fourth-order valence-corrected chi connectivity index (χ4v) is 2.51. The highest BCUT2D eigenvalue weighted by Crippen LogP contribution is 2.22. The number of hydrogen-bond donors (Lipinski definition) is 3. The standard InChI is InChI=1S/C12H18N2O4S/c1-8(2)11(12(15)16)14-9-6-4-5-7-10(9)19(17,18)13-3/h4-8,11,13-14H,1-3H3,(H,15,16). The number of benzene rings is 1. The number of anilines is 1. The first-order valence-corrected chi connectivity index (χ1v) is 7.30. The Morgan fingerprint density at radius 2 is 1.84 bits per heavy atom. The Morgan fingerprint density at radius 1 is 1.26 bits per heavy atom. The number of aliphatic carboxylic acids is 1. The number of para-hydroxylation sites is 1. The SMILES string of the molecule is CNS(=O)(=O)c1ccccc1NC(C(=O)O)C(C)C. The third kappa shape index (κ3) is 3.68. The molecular weight excluding hydrogens is 268 g/mol. The number of carboxylic acid groups (broad SMARTS) is 1. The van der Waals surface area contributed by atoms with Crippen molar-refractivity contribution in [3.63, 3.8) is 0 Å². The number of carboxylic acids is 1. The highest BCUT2D eigenvalue weighted by Gasteiger charge is 2.24. The van der Waals surface area contributed by atoms with Crippen molar-refractivity contribution in [1.29, 1.82) is 0 Å². The summed E-state index contributed by atoms with van der Waals surface area (Å²) in [6, 6.07) is 5.35. The summed E-state index contributed by atoms with van der Waals surface area (Å²) in [4.78, 5) is 11.2. The lowest BCUT2D eigenvalue weighted by Gasteiger charge is -2.20. The monoisotopic (exact) mass is 286 g/mol. The van der Waals surface area contributed by atoms with Gasteiger partial charge in [-0.05, 0) is 25.1 Å². The highest BCUT2D eigenvalue weighted by molar-refractivity contribution is 7.89. The minimum atomic E-state index is -3.63. The zero-order valence-corrected chi connectivity index (χ0v) is 11.9. The van der Waals surface area contributed by atoms with Crippen LogP contribution in [-0.2, 0) is 14.8 Å². The van der Waals surface area contributed by atoms with Gasteiger partial charge in [0.05, 0.1) is 5.69 Å². The Labute approximate surface area is 112 Å². The van der Waals surface area contributed by atoms with Gasteiger partial charge in [0, 0.05) is 0 Å². The van der Waals surface area contributed by atoms with E-state index in [0.29, 0.717) is 0 Å². The molecule has 0 aliphatic heterocycles. The molecule has 1 atom stereocenters. The van der Waals surface area contributed by atoms with E-state index in [2.05, 4.69) is 10.0 Å². The highest BCUT2D eigenvalue weighted by atomic mass is 32.2. The Bertz CT molecular complexity index is 555. The average molecular weight is 286 g/mol. The third-order valence-electron chi connectivity index (χ3n) is 2.69. The Hall–Kier alpha value is -1.60. The maximum Gasteiger partial charge on any atom is 0.326 e. The van der Waals surface area contributed by atoms with E-state index in [0.717, 1.165) is 0 Å². The van der Waals surface area contributed by atoms with Crippen LogP contribution in [0.3, 0.4) is 0 Å². The molecule has 0 aromatic heterocycles. The van der Waals surface area contributed by atoms with Crippen molar-refractivity contribution in [2.45, 2.75) is 24.8 Å². The number of hydrogen-bond acceptors (Lipinski definition) is 4. The molecule has 0 heterocycles. The average Bonchev–Trinajstić information content (AvgIpc) is 2.35. The lowest BCUT2D eigenvalue weighted by molar-refractivity contribution is -0.138. The molecule has 106 valence electrons. The van der Waals surface area contributed by atoms with Crippen molar-refractivity contribution in [1.82, 2.24) is 4.72 Å². The maximum atomic E-state index is 11.8. The van der Waals surface area contributed by atoms with Gasteiger partial charge in [0.2, 0.25) is 10.0 Å². The molecule has 3 N–H and O–H groups in total. The van der Waals surface area contributed by atoms with Crippen molar-refractivity contribution in [2.24, 2.45) is 5.92 Å². The predicted molar refractivity (Wildman–Crippen MR) is 72.6 cm³/mol. The molecule has 1 unspecified atom stereocenters. The third-order valence-corrected chi connectivity index (χ3v) is 4.16. The zero-order valence-electron chi connectivity index (χ0n) is 11.0. The van der Waals surface area contributed by atoms with Crippen molar-refractivity contribution >= 4 is 21.7 Å². The summed E-state index contributed by atoms with van der Waals surface area (Å²) in [7, 11) is -2.32. The summed E-state index contributed by atoms with van der Waals surface area (Å²) in [5.41, 5.74) is 0.276. The van der Waals surface area contributed by atoms with Crippen molar-refractivity contribution in [3.8, 4) is 0 Å².